The van der Waals surface area contributed by atoms with E-state index in [0.717, 1.165) is 19.3 Å². The Kier molecular flexibility index (Phi) is 5.21. The molecular formula is C12H25O4P. The molecule has 4 atom stereocenters. The molecule has 1 rings (SSSR count). The van der Waals surface area contributed by atoms with Gasteiger partial charge in [0.15, 0.2) is 0 Å². The third-order valence-corrected chi connectivity index (χ3v) is 4.84. The van der Waals surface area contributed by atoms with E-state index in [2.05, 4.69) is 20.8 Å². The fourth-order valence-electron chi connectivity index (χ4n) is 3.10. The van der Waals surface area contributed by atoms with Crippen LogP contribution >= 0.6 is 7.60 Å². The Labute approximate surface area is 104 Å². The van der Waals surface area contributed by atoms with Gasteiger partial charge in [-0.15, -0.1) is 0 Å². The van der Waals surface area contributed by atoms with Crippen molar-refractivity contribution in [2.45, 2.75) is 46.1 Å². The first-order valence-electron chi connectivity index (χ1n) is 6.43. The maximum Gasteiger partial charge on any atom is 0.328 e. The normalized spacial score (nSPS) is 32.8. The van der Waals surface area contributed by atoms with Crippen LogP contribution in [0.15, 0.2) is 0 Å². The Bertz CT molecular complexity index is 286. The van der Waals surface area contributed by atoms with Gasteiger partial charge in [0.05, 0.1) is 12.3 Å². The Morgan fingerprint density at radius 1 is 1.24 bits per heavy atom. The summed E-state index contributed by atoms with van der Waals surface area (Å²) in [5.74, 6) is 1.42. The largest absolute Gasteiger partial charge is 0.392 e. The minimum absolute atomic E-state index is 0.0337. The van der Waals surface area contributed by atoms with Crippen LogP contribution in [0.3, 0.4) is 0 Å². The van der Waals surface area contributed by atoms with E-state index in [4.69, 9.17) is 9.79 Å². The molecule has 0 bridgehead atoms. The zero-order valence-electron chi connectivity index (χ0n) is 10.9. The van der Waals surface area contributed by atoms with E-state index < -0.39 is 19.9 Å². The van der Waals surface area contributed by atoms with Gasteiger partial charge in [0, 0.05) is 0 Å². The van der Waals surface area contributed by atoms with Crippen LogP contribution < -0.4 is 0 Å². The molecule has 3 N–H and O–H groups in total. The van der Waals surface area contributed by atoms with Crippen LogP contribution in [0.5, 0.6) is 0 Å². The van der Waals surface area contributed by atoms with Gasteiger partial charge in [0.2, 0.25) is 0 Å². The first-order valence-corrected chi connectivity index (χ1v) is 8.23. The van der Waals surface area contributed by atoms with E-state index in [-0.39, 0.29) is 5.92 Å². The van der Waals surface area contributed by atoms with E-state index in [9.17, 15) is 9.67 Å². The average Bonchev–Trinajstić information content (AvgIpc) is 2.14. The zero-order chi connectivity index (χ0) is 13.2. The number of hydrogen-bond acceptors (Lipinski definition) is 2. The maximum absolute atomic E-state index is 11.0. The predicted molar refractivity (Wildman–Crippen MR) is 67.8 cm³/mol. The smallest absolute Gasteiger partial charge is 0.328 e. The molecule has 0 spiro atoms. The Morgan fingerprint density at radius 2 is 1.82 bits per heavy atom. The van der Waals surface area contributed by atoms with Crippen LogP contribution in [0, 0.1) is 23.7 Å². The van der Waals surface area contributed by atoms with E-state index in [0.29, 0.717) is 17.8 Å². The highest BCUT2D eigenvalue weighted by molar-refractivity contribution is 7.51. The van der Waals surface area contributed by atoms with Crippen LogP contribution in [0.4, 0.5) is 0 Å². The van der Waals surface area contributed by atoms with Crippen LogP contribution in [0.1, 0.15) is 40.0 Å². The predicted octanol–water partition coefficient (Wildman–Crippen LogP) is 2.23. The second-order valence-corrected chi connectivity index (χ2v) is 7.60. The molecule has 1 aliphatic carbocycles. The highest BCUT2D eigenvalue weighted by Gasteiger charge is 2.37. The third kappa shape index (κ3) is 4.70. The standard InChI is InChI=1S/C12H25O4P/c1-8(2)10-5-4-9(3)6-11(10)12(13)7-17(14,15)16/h8-13H,4-7H2,1-3H3,(H2,14,15,16)/t9-,10+,11-,12+/m1/s1. The molecule has 0 heterocycles. The average molecular weight is 264 g/mol. The molecule has 0 radical (unpaired) electrons. The lowest BCUT2D eigenvalue weighted by molar-refractivity contribution is 0.0262. The van der Waals surface area contributed by atoms with Gasteiger partial charge < -0.3 is 14.9 Å². The number of aliphatic hydroxyl groups is 1. The van der Waals surface area contributed by atoms with Crippen molar-refractivity contribution in [1.29, 1.82) is 0 Å². The van der Waals surface area contributed by atoms with Gasteiger partial charge in [-0.3, -0.25) is 4.57 Å². The summed E-state index contributed by atoms with van der Waals surface area (Å²) in [7, 11) is -4.11. The summed E-state index contributed by atoms with van der Waals surface area (Å²) in [6.45, 7) is 6.39. The molecule has 4 nitrogen and oxygen atoms in total. The second-order valence-electron chi connectivity index (χ2n) is 5.90. The van der Waals surface area contributed by atoms with Gasteiger partial charge in [0.25, 0.3) is 0 Å². The summed E-state index contributed by atoms with van der Waals surface area (Å²) in [6, 6.07) is 0. The summed E-state index contributed by atoms with van der Waals surface area (Å²) >= 11 is 0. The molecule has 0 aliphatic heterocycles. The fourth-order valence-corrected chi connectivity index (χ4v) is 3.86. The second kappa shape index (κ2) is 5.83. The van der Waals surface area contributed by atoms with E-state index in [1.54, 1.807) is 0 Å². The van der Waals surface area contributed by atoms with E-state index in [1.807, 2.05) is 0 Å². The topological polar surface area (TPSA) is 77.8 Å². The zero-order valence-corrected chi connectivity index (χ0v) is 11.8. The number of rotatable bonds is 4. The Balaban J connectivity index is 2.71. The first-order chi connectivity index (χ1) is 7.70. The van der Waals surface area contributed by atoms with Crippen molar-refractivity contribution in [3.63, 3.8) is 0 Å². The van der Waals surface area contributed by atoms with Gasteiger partial charge in [-0.05, 0) is 36.5 Å². The number of aliphatic hydroxyl groups excluding tert-OH is 1. The SMILES string of the molecule is CC(C)[C@@H]1CC[C@@H](C)C[C@H]1[C@@H](O)CP(=O)(O)O. The van der Waals surface area contributed by atoms with Crippen molar-refractivity contribution < 1.29 is 19.5 Å². The molecule has 5 heteroatoms. The van der Waals surface area contributed by atoms with Crippen molar-refractivity contribution in [1.82, 2.24) is 0 Å². The van der Waals surface area contributed by atoms with Gasteiger partial charge in [-0.25, -0.2) is 0 Å². The highest BCUT2D eigenvalue weighted by atomic mass is 31.2. The van der Waals surface area contributed by atoms with Crippen molar-refractivity contribution in [2.75, 3.05) is 6.16 Å². The molecule has 0 amide bonds. The molecular weight excluding hydrogens is 239 g/mol. The van der Waals surface area contributed by atoms with Gasteiger partial charge in [-0.2, -0.15) is 0 Å². The molecule has 0 aromatic rings. The van der Waals surface area contributed by atoms with Crippen molar-refractivity contribution >= 4 is 7.60 Å². The quantitative estimate of drug-likeness (QED) is 0.680. The Morgan fingerprint density at radius 3 is 2.29 bits per heavy atom. The molecule has 102 valence electrons. The maximum atomic E-state index is 11.0. The molecule has 0 unspecified atom stereocenters. The Hall–Kier alpha value is 0.110. The van der Waals surface area contributed by atoms with Gasteiger partial charge in [-0.1, -0.05) is 27.2 Å². The molecule has 0 aromatic carbocycles. The molecule has 1 saturated carbocycles. The van der Waals surface area contributed by atoms with Crippen LogP contribution in [-0.4, -0.2) is 27.2 Å². The van der Waals surface area contributed by atoms with Crippen LogP contribution in [0.25, 0.3) is 0 Å². The summed E-state index contributed by atoms with van der Waals surface area (Å²) < 4.78 is 11.0. The lowest BCUT2D eigenvalue weighted by atomic mass is 9.68. The molecule has 0 saturated heterocycles. The summed E-state index contributed by atoms with van der Waals surface area (Å²) in [5.41, 5.74) is 0. The summed E-state index contributed by atoms with van der Waals surface area (Å²) in [5, 5.41) is 10.1. The number of hydrogen-bond donors (Lipinski definition) is 3. The highest BCUT2D eigenvalue weighted by Crippen LogP contribution is 2.44. The van der Waals surface area contributed by atoms with E-state index in [1.165, 1.54) is 0 Å². The molecule has 1 aliphatic rings. The summed E-state index contributed by atoms with van der Waals surface area (Å²) in [6.07, 6.45) is 1.83. The molecule has 17 heavy (non-hydrogen) atoms. The minimum Gasteiger partial charge on any atom is -0.392 e. The van der Waals surface area contributed by atoms with E-state index >= 15 is 0 Å². The fraction of sp³-hybridized carbons (Fsp3) is 1.00. The molecule has 0 aromatic heterocycles. The third-order valence-electron chi connectivity index (χ3n) is 3.99. The van der Waals surface area contributed by atoms with Crippen LogP contribution in [0.2, 0.25) is 0 Å². The summed E-state index contributed by atoms with van der Waals surface area (Å²) in [4.78, 5) is 17.9. The molecule has 1 fully saturated rings. The first kappa shape index (κ1) is 15.2. The van der Waals surface area contributed by atoms with Crippen molar-refractivity contribution in [2.24, 2.45) is 23.7 Å². The van der Waals surface area contributed by atoms with Crippen molar-refractivity contribution in [3.8, 4) is 0 Å². The van der Waals surface area contributed by atoms with Crippen molar-refractivity contribution in [3.05, 3.63) is 0 Å². The minimum atomic E-state index is -4.11. The lowest BCUT2D eigenvalue weighted by Gasteiger charge is -2.40. The van der Waals surface area contributed by atoms with Crippen LogP contribution in [-0.2, 0) is 4.57 Å². The lowest BCUT2D eigenvalue weighted by Crippen LogP contribution is -2.37. The van der Waals surface area contributed by atoms with Gasteiger partial charge >= 0.3 is 7.60 Å². The monoisotopic (exact) mass is 264 g/mol. The van der Waals surface area contributed by atoms with Gasteiger partial charge in [0.1, 0.15) is 0 Å².